The average Bonchev–Trinajstić information content (AvgIpc) is 3.18. The van der Waals surface area contributed by atoms with Crippen molar-refractivity contribution in [1.82, 2.24) is 19.4 Å². The molecule has 1 atom stereocenters. The summed E-state index contributed by atoms with van der Waals surface area (Å²) in [4.78, 5) is 28.6. The number of aromatic nitrogens is 3. The molecule has 0 aromatic carbocycles. The second-order valence-electron chi connectivity index (χ2n) is 6.46. The molecule has 7 heteroatoms. The molecule has 1 aliphatic rings. The van der Waals surface area contributed by atoms with E-state index in [1.807, 2.05) is 0 Å². The van der Waals surface area contributed by atoms with Gasteiger partial charge in [0.05, 0.1) is 11.1 Å². The molecular weight excluding hydrogens is 308 g/mol. The van der Waals surface area contributed by atoms with Gasteiger partial charge in [-0.15, -0.1) is 0 Å². The first-order valence-electron chi connectivity index (χ1n) is 8.61. The predicted octanol–water partition coefficient (Wildman–Crippen LogP) is 1.87. The van der Waals surface area contributed by atoms with Crippen molar-refractivity contribution in [3.05, 3.63) is 28.3 Å². The number of nitrogens with zero attached hydrogens (tertiary/aromatic N) is 3. The van der Waals surface area contributed by atoms with E-state index in [4.69, 9.17) is 0 Å². The Labute approximate surface area is 140 Å². The molecule has 0 radical (unpaired) electrons. The lowest BCUT2D eigenvalue weighted by Crippen LogP contribution is -2.29. The van der Waals surface area contributed by atoms with Crippen LogP contribution in [-0.2, 0) is 6.54 Å². The van der Waals surface area contributed by atoms with Gasteiger partial charge in [0.25, 0.3) is 0 Å². The first-order valence-corrected chi connectivity index (χ1v) is 8.61. The molecule has 0 amide bonds. The summed E-state index contributed by atoms with van der Waals surface area (Å²) in [6, 6.07) is 1.65. The fourth-order valence-corrected chi connectivity index (χ4v) is 3.56. The zero-order valence-electron chi connectivity index (χ0n) is 14.2. The maximum absolute atomic E-state index is 13.0. The third kappa shape index (κ3) is 2.84. The molecule has 3 heterocycles. The van der Waals surface area contributed by atoms with E-state index < -0.39 is 5.97 Å². The molecule has 2 aromatic rings. The van der Waals surface area contributed by atoms with Crippen LogP contribution in [0.25, 0.3) is 11.2 Å². The van der Waals surface area contributed by atoms with Crippen LogP contribution < -0.4 is 11.0 Å². The highest BCUT2D eigenvalue weighted by Crippen LogP contribution is 2.22. The van der Waals surface area contributed by atoms with Crippen molar-refractivity contribution in [2.24, 2.45) is 5.92 Å². The summed E-state index contributed by atoms with van der Waals surface area (Å²) in [5, 5.41) is 12.6. The highest BCUT2D eigenvalue weighted by Gasteiger charge is 2.23. The summed E-state index contributed by atoms with van der Waals surface area (Å²) >= 11 is 0. The van der Waals surface area contributed by atoms with E-state index in [1.54, 1.807) is 15.2 Å². The van der Waals surface area contributed by atoms with E-state index >= 15 is 0 Å². The molecule has 24 heavy (non-hydrogen) atoms. The van der Waals surface area contributed by atoms with Gasteiger partial charge in [-0.25, -0.2) is 14.6 Å². The summed E-state index contributed by atoms with van der Waals surface area (Å²) in [5.41, 5.74) is 1.24. The molecule has 7 nitrogen and oxygen atoms in total. The van der Waals surface area contributed by atoms with Gasteiger partial charge in [0, 0.05) is 18.8 Å². The minimum absolute atomic E-state index is 0.0751. The van der Waals surface area contributed by atoms with Gasteiger partial charge < -0.3 is 10.4 Å². The molecule has 0 bridgehead atoms. The normalized spacial score (nSPS) is 17.9. The molecule has 1 aliphatic heterocycles. The smallest absolute Gasteiger partial charge is 0.337 e. The van der Waals surface area contributed by atoms with Gasteiger partial charge in [-0.1, -0.05) is 13.8 Å². The molecule has 0 saturated carbocycles. The van der Waals surface area contributed by atoms with E-state index in [0.29, 0.717) is 23.6 Å². The Morgan fingerprint density at radius 1 is 1.46 bits per heavy atom. The van der Waals surface area contributed by atoms with Gasteiger partial charge >= 0.3 is 11.7 Å². The van der Waals surface area contributed by atoms with Gasteiger partial charge in [0.2, 0.25) is 0 Å². The number of hydrogen-bond acceptors (Lipinski definition) is 4. The third-order valence-corrected chi connectivity index (χ3v) is 4.96. The summed E-state index contributed by atoms with van der Waals surface area (Å²) in [7, 11) is 0. The maximum atomic E-state index is 13.0. The lowest BCUT2D eigenvalue weighted by molar-refractivity contribution is 0.0696. The molecule has 1 unspecified atom stereocenters. The van der Waals surface area contributed by atoms with Gasteiger partial charge in [-0.2, -0.15) is 0 Å². The molecule has 1 fully saturated rings. The first kappa shape index (κ1) is 16.7. The lowest BCUT2D eigenvalue weighted by atomic mass is 10.1. The molecule has 0 aliphatic carbocycles. The zero-order valence-corrected chi connectivity index (χ0v) is 14.2. The van der Waals surface area contributed by atoms with Gasteiger partial charge in [-0.3, -0.25) is 9.13 Å². The third-order valence-electron chi connectivity index (χ3n) is 4.96. The molecule has 2 aromatic heterocycles. The van der Waals surface area contributed by atoms with Crippen molar-refractivity contribution in [2.45, 2.75) is 45.7 Å². The first-order chi connectivity index (χ1) is 11.6. The van der Waals surface area contributed by atoms with Crippen LogP contribution in [0.5, 0.6) is 0 Å². The minimum atomic E-state index is -1.03. The van der Waals surface area contributed by atoms with Crippen LogP contribution >= 0.6 is 0 Å². The number of aromatic carboxylic acids is 1. The van der Waals surface area contributed by atoms with Gasteiger partial charge in [0.15, 0.2) is 5.65 Å². The number of imidazole rings is 1. The fourth-order valence-electron chi connectivity index (χ4n) is 3.56. The largest absolute Gasteiger partial charge is 0.478 e. The van der Waals surface area contributed by atoms with Gasteiger partial charge in [-0.05, 0) is 44.3 Å². The van der Waals surface area contributed by atoms with E-state index in [2.05, 4.69) is 24.1 Å². The van der Waals surface area contributed by atoms with Crippen molar-refractivity contribution in [2.75, 3.05) is 13.1 Å². The van der Waals surface area contributed by atoms with Crippen LogP contribution in [0.15, 0.2) is 17.1 Å². The number of rotatable bonds is 6. The standard InChI is InChI=1S/C17H24N4O3/c1-3-13(4-2)21-15-14(7-12(9-19-15)16(22)23)20(17(21)24)10-11-5-6-18-8-11/h7,9,11,13,18H,3-6,8,10H2,1-2H3,(H,22,23). The molecule has 2 N–H and O–H groups in total. The summed E-state index contributed by atoms with van der Waals surface area (Å²) in [6.45, 7) is 6.55. The summed E-state index contributed by atoms with van der Waals surface area (Å²) < 4.78 is 3.45. The predicted molar refractivity (Wildman–Crippen MR) is 91.5 cm³/mol. The van der Waals surface area contributed by atoms with E-state index in [1.165, 1.54) is 6.20 Å². The number of carboxylic acid groups (broad SMARTS) is 1. The second kappa shape index (κ2) is 6.76. The van der Waals surface area contributed by atoms with Crippen molar-refractivity contribution in [3.8, 4) is 0 Å². The van der Waals surface area contributed by atoms with Crippen molar-refractivity contribution in [1.29, 1.82) is 0 Å². The lowest BCUT2D eigenvalue weighted by Gasteiger charge is -2.13. The van der Waals surface area contributed by atoms with E-state index in [0.717, 1.165) is 32.4 Å². The average molecular weight is 332 g/mol. The van der Waals surface area contributed by atoms with Crippen LogP contribution in [0.1, 0.15) is 49.5 Å². The number of nitrogens with one attached hydrogen (secondary N) is 1. The topological polar surface area (TPSA) is 89.2 Å². The van der Waals surface area contributed by atoms with Crippen molar-refractivity contribution in [3.63, 3.8) is 0 Å². The highest BCUT2D eigenvalue weighted by molar-refractivity contribution is 5.91. The van der Waals surface area contributed by atoms with Gasteiger partial charge in [0.1, 0.15) is 0 Å². The van der Waals surface area contributed by atoms with Crippen LogP contribution in [0.2, 0.25) is 0 Å². The quantitative estimate of drug-likeness (QED) is 0.843. The molecule has 0 spiro atoms. The maximum Gasteiger partial charge on any atom is 0.337 e. The minimum Gasteiger partial charge on any atom is -0.478 e. The summed E-state index contributed by atoms with van der Waals surface area (Å²) in [6.07, 6.45) is 4.03. The Bertz CT molecular complexity index is 798. The van der Waals surface area contributed by atoms with Crippen LogP contribution in [0, 0.1) is 5.92 Å². The Morgan fingerprint density at radius 3 is 2.79 bits per heavy atom. The van der Waals surface area contributed by atoms with Crippen LogP contribution in [-0.4, -0.2) is 38.3 Å². The van der Waals surface area contributed by atoms with Crippen molar-refractivity contribution >= 4 is 17.1 Å². The zero-order chi connectivity index (χ0) is 17.3. The SMILES string of the molecule is CCC(CC)n1c(=O)n(CC2CCNC2)c2cc(C(=O)O)cnc21. The van der Waals surface area contributed by atoms with E-state index in [-0.39, 0.29) is 17.3 Å². The van der Waals surface area contributed by atoms with E-state index in [9.17, 15) is 14.7 Å². The highest BCUT2D eigenvalue weighted by atomic mass is 16.4. The Kier molecular flexibility index (Phi) is 4.71. The number of carboxylic acids is 1. The Morgan fingerprint density at radius 2 is 2.21 bits per heavy atom. The van der Waals surface area contributed by atoms with Crippen molar-refractivity contribution < 1.29 is 9.90 Å². The summed E-state index contributed by atoms with van der Waals surface area (Å²) in [5.74, 6) is -0.641. The van der Waals surface area contributed by atoms with Crippen LogP contribution in [0.3, 0.4) is 0 Å². The molecule has 130 valence electrons. The Balaban J connectivity index is 2.18. The number of carbonyl (C=O) groups is 1. The monoisotopic (exact) mass is 332 g/mol. The fraction of sp³-hybridized carbons (Fsp3) is 0.588. The Hall–Kier alpha value is -2.15. The second-order valence-corrected chi connectivity index (χ2v) is 6.46. The molecule has 1 saturated heterocycles. The number of pyridine rings is 1. The number of hydrogen-bond donors (Lipinski definition) is 2. The molecular formula is C17H24N4O3. The number of fused-ring (bicyclic) bond motifs is 1. The van der Waals surface area contributed by atoms with Crippen LogP contribution in [0.4, 0.5) is 0 Å². The molecule has 3 rings (SSSR count).